The van der Waals surface area contributed by atoms with E-state index < -0.39 is 0 Å². The second kappa shape index (κ2) is 8.40. The third kappa shape index (κ3) is 5.62. The van der Waals surface area contributed by atoms with E-state index in [1.807, 2.05) is 49.6 Å². The van der Waals surface area contributed by atoms with Crippen molar-refractivity contribution in [3.8, 4) is 0 Å². The van der Waals surface area contributed by atoms with E-state index >= 15 is 0 Å². The van der Waals surface area contributed by atoms with Gasteiger partial charge in [0.2, 0.25) is 11.8 Å². The molecule has 126 valence electrons. The molecule has 0 saturated carbocycles. The zero-order valence-electron chi connectivity index (χ0n) is 14.1. The van der Waals surface area contributed by atoms with Crippen LogP contribution in [0.2, 0.25) is 0 Å². The van der Waals surface area contributed by atoms with Gasteiger partial charge in [-0.05, 0) is 49.4 Å². The summed E-state index contributed by atoms with van der Waals surface area (Å²) in [6.07, 6.45) is 0.426. The van der Waals surface area contributed by atoms with Gasteiger partial charge in [-0.25, -0.2) is 5.43 Å². The highest BCUT2D eigenvalue weighted by Gasteiger charge is 2.08. The van der Waals surface area contributed by atoms with Crippen molar-refractivity contribution in [3.05, 3.63) is 51.7 Å². The summed E-state index contributed by atoms with van der Waals surface area (Å²) >= 11 is 1.53. The topological polar surface area (TPSA) is 70.6 Å². The number of carbonyl (C=O) groups is 2. The molecule has 0 aliphatic heterocycles. The van der Waals surface area contributed by atoms with Crippen molar-refractivity contribution in [2.75, 3.05) is 5.32 Å². The summed E-state index contributed by atoms with van der Waals surface area (Å²) in [7, 11) is 0. The van der Waals surface area contributed by atoms with E-state index in [1.165, 1.54) is 11.3 Å². The fourth-order valence-corrected chi connectivity index (χ4v) is 2.81. The molecule has 2 aromatic rings. The first-order valence-corrected chi connectivity index (χ1v) is 8.53. The van der Waals surface area contributed by atoms with E-state index in [-0.39, 0.29) is 18.2 Å². The maximum atomic E-state index is 12.1. The van der Waals surface area contributed by atoms with Gasteiger partial charge >= 0.3 is 0 Å². The Bertz CT molecular complexity index is 752. The van der Waals surface area contributed by atoms with Crippen LogP contribution < -0.4 is 10.7 Å². The molecule has 1 heterocycles. The highest BCUT2D eigenvalue weighted by molar-refractivity contribution is 7.10. The maximum absolute atomic E-state index is 12.1. The molecule has 2 N–H and O–H groups in total. The number of rotatable bonds is 6. The average molecular weight is 343 g/mol. The number of thiophene rings is 1. The second-order valence-corrected chi connectivity index (χ2v) is 6.71. The highest BCUT2D eigenvalue weighted by Crippen LogP contribution is 2.16. The van der Waals surface area contributed by atoms with Gasteiger partial charge in [0.05, 0.1) is 12.8 Å². The molecule has 0 radical (unpaired) electrons. The van der Waals surface area contributed by atoms with Crippen LogP contribution in [0, 0.1) is 13.8 Å². The lowest BCUT2D eigenvalue weighted by molar-refractivity contribution is -0.120. The minimum Gasteiger partial charge on any atom is -0.326 e. The van der Waals surface area contributed by atoms with Crippen molar-refractivity contribution in [2.24, 2.45) is 5.10 Å². The molecule has 0 aliphatic carbocycles. The van der Waals surface area contributed by atoms with Crippen LogP contribution in [-0.2, 0) is 16.0 Å². The standard InChI is InChI=1S/C18H21N3O2S/c1-12-6-7-13(2)16(9-12)19-17(22)10-14(3)20-21-18(23)11-15-5-4-8-24-15/h4-9H,10-11H2,1-3H3,(H,19,22)(H,21,23)/b20-14+. The SMILES string of the molecule is C/C(CC(=O)Nc1cc(C)ccc1C)=N\NC(=O)Cc1cccs1. The zero-order valence-corrected chi connectivity index (χ0v) is 14.9. The molecule has 24 heavy (non-hydrogen) atoms. The molecule has 0 aliphatic rings. The first-order valence-electron chi connectivity index (χ1n) is 7.65. The number of benzene rings is 1. The molecule has 0 unspecified atom stereocenters. The second-order valence-electron chi connectivity index (χ2n) is 5.68. The Hall–Kier alpha value is -2.47. The molecule has 5 nitrogen and oxygen atoms in total. The summed E-state index contributed by atoms with van der Waals surface area (Å²) in [4.78, 5) is 24.8. The summed E-state index contributed by atoms with van der Waals surface area (Å²) in [6, 6.07) is 9.71. The predicted octanol–water partition coefficient (Wildman–Crippen LogP) is 3.43. The Labute approximate surface area is 145 Å². The smallest absolute Gasteiger partial charge is 0.245 e. The molecule has 2 amide bonds. The maximum Gasteiger partial charge on any atom is 0.245 e. The number of hydrogen-bond acceptors (Lipinski definition) is 4. The molecule has 0 saturated heterocycles. The number of amides is 2. The molecule has 2 rings (SSSR count). The van der Waals surface area contributed by atoms with Gasteiger partial charge in [-0.2, -0.15) is 5.10 Å². The van der Waals surface area contributed by atoms with E-state index in [2.05, 4.69) is 15.8 Å². The molecule has 6 heteroatoms. The number of hydrogen-bond donors (Lipinski definition) is 2. The Morgan fingerprint density at radius 1 is 1.17 bits per heavy atom. The lowest BCUT2D eigenvalue weighted by atomic mass is 10.1. The lowest BCUT2D eigenvalue weighted by Crippen LogP contribution is -2.22. The van der Waals surface area contributed by atoms with E-state index in [0.717, 1.165) is 21.7 Å². The van der Waals surface area contributed by atoms with Gasteiger partial charge in [-0.3, -0.25) is 9.59 Å². The molecule has 0 fully saturated rings. The van der Waals surface area contributed by atoms with Crippen molar-refractivity contribution in [1.82, 2.24) is 5.43 Å². The van der Waals surface area contributed by atoms with Crippen molar-refractivity contribution >= 4 is 34.6 Å². The van der Waals surface area contributed by atoms with Crippen LogP contribution in [-0.4, -0.2) is 17.5 Å². The van der Waals surface area contributed by atoms with E-state index in [9.17, 15) is 9.59 Å². The Kier molecular flexibility index (Phi) is 6.26. The summed E-state index contributed by atoms with van der Waals surface area (Å²) < 4.78 is 0. The van der Waals surface area contributed by atoms with Crippen LogP contribution in [0.3, 0.4) is 0 Å². The summed E-state index contributed by atoms with van der Waals surface area (Å²) in [5.74, 6) is -0.343. The summed E-state index contributed by atoms with van der Waals surface area (Å²) in [5, 5.41) is 8.79. The quantitative estimate of drug-likeness (QED) is 0.623. The molecule has 0 bridgehead atoms. The largest absolute Gasteiger partial charge is 0.326 e. The van der Waals surface area contributed by atoms with Crippen LogP contribution in [0.1, 0.15) is 29.3 Å². The minimum atomic E-state index is -0.188. The fourth-order valence-electron chi connectivity index (χ4n) is 2.11. The van der Waals surface area contributed by atoms with E-state index in [1.54, 1.807) is 6.92 Å². The van der Waals surface area contributed by atoms with Crippen LogP contribution in [0.15, 0.2) is 40.8 Å². The summed E-state index contributed by atoms with van der Waals surface area (Å²) in [5.41, 5.74) is 5.93. The van der Waals surface area contributed by atoms with Gasteiger partial charge in [-0.15, -0.1) is 11.3 Å². The van der Waals surface area contributed by atoms with Gasteiger partial charge in [0, 0.05) is 16.3 Å². The number of nitrogens with zero attached hydrogens (tertiary/aromatic N) is 1. The highest BCUT2D eigenvalue weighted by atomic mass is 32.1. The van der Waals surface area contributed by atoms with Gasteiger partial charge in [-0.1, -0.05) is 18.2 Å². The van der Waals surface area contributed by atoms with Crippen LogP contribution in [0.4, 0.5) is 5.69 Å². The van der Waals surface area contributed by atoms with Crippen LogP contribution >= 0.6 is 11.3 Å². The van der Waals surface area contributed by atoms with Gasteiger partial charge < -0.3 is 5.32 Å². The molecule has 1 aromatic heterocycles. The molecule has 0 atom stereocenters. The van der Waals surface area contributed by atoms with Gasteiger partial charge in [0.1, 0.15) is 0 Å². The molecular weight excluding hydrogens is 322 g/mol. The first kappa shape index (κ1) is 17.9. The minimum absolute atomic E-state index is 0.132. The Morgan fingerprint density at radius 2 is 1.96 bits per heavy atom. The van der Waals surface area contributed by atoms with Gasteiger partial charge in [0.25, 0.3) is 0 Å². The Morgan fingerprint density at radius 3 is 2.67 bits per heavy atom. The predicted molar refractivity (Wildman–Crippen MR) is 98.4 cm³/mol. The van der Waals surface area contributed by atoms with E-state index in [4.69, 9.17) is 0 Å². The van der Waals surface area contributed by atoms with Crippen molar-refractivity contribution in [2.45, 2.75) is 33.6 Å². The number of nitrogens with one attached hydrogen (secondary N) is 2. The van der Waals surface area contributed by atoms with Crippen molar-refractivity contribution < 1.29 is 9.59 Å². The fraction of sp³-hybridized carbons (Fsp3) is 0.278. The number of hydrazone groups is 1. The van der Waals surface area contributed by atoms with Crippen LogP contribution in [0.25, 0.3) is 0 Å². The van der Waals surface area contributed by atoms with Crippen molar-refractivity contribution in [1.29, 1.82) is 0 Å². The monoisotopic (exact) mass is 343 g/mol. The average Bonchev–Trinajstić information content (AvgIpc) is 3.01. The van der Waals surface area contributed by atoms with Crippen LogP contribution in [0.5, 0.6) is 0 Å². The number of anilines is 1. The first-order chi connectivity index (χ1) is 11.4. The van der Waals surface area contributed by atoms with Gasteiger partial charge in [0.15, 0.2) is 0 Å². The number of aryl methyl sites for hydroxylation is 2. The molecule has 1 aromatic carbocycles. The number of carbonyl (C=O) groups excluding carboxylic acids is 2. The van der Waals surface area contributed by atoms with E-state index in [0.29, 0.717) is 12.1 Å². The van der Waals surface area contributed by atoms with Crippen molar-refractivity contribution in [3.63, 3.8) is 0 Å². The normalized spacial score (nSPS) is 11.2. The molecule has 0 spiro atoms. The molecular formula is C18H21N3O2S. The third-order valence-corrected chi connectivity index (χ3v) is 4.25. The summed E-state index contributed by atoms with van der Waals surface area (Å²) in [6.45, 7) is 5.64. The lowest BCUT2D eigenvalue weighted by Gasteiger charge is -2.09. The Balaban J connectivity index is 1.84. The third-order valence-electron chi connectivity index (χ3n) is 3.37. The zero-order chi connectivity index (χ0) is 17.5.